The van der Waals surface area contributed by atoms with E-state index < -0.39 is 0 Å². The zero-order chi connectivity index (χ0) is 14.4. The zero-order valence-corrected chi connectivity index (χ0v) is 13.3. The highest BCUT2D eigenvalue weighted by molar-refractivity contribution is 6.31. The number of hydrogen-bond acceptors (Lipinski definition) is 2. The summed E-state index contributed by atoms with van der Waals surface area (Å²) >= 11 is 6.36. The van der Waals surface area contributed by atoms with E-state index in [9.17, 15) is 0 Å². The predicted octanol–water partition coefficient (Wildman–Crippen LogP) is 4.59. The molecule has 1 aliphatic carbocycles. The van der Waals surface area contributed by atoms with Crippen LogP contribution >= 0.6 is 11.6 Å². The van der Waals surface area contributed by atoms with Crippen LogP contribution in [0.4, 0.5) is 0 Å². The fourth-order valence-corrected chi connectivity index (χ4v) is 3.24. The second-order valence-corrected chi connectivity index (χ2v) is 6.09. The van der Waals surface area contributed by atoms with Gasteiger partial charge in [-0.05, 0) is 56.7 Å². The Morgan fingerprint density at radius 2 is 2.05 bits per heavy atom. The molecule has 112 valence electrons. The summed E-state index contributed by atoms with van der Waals surface area (Å²) < 4.78 is 5.65. The van der Waals surface area contributed by atoms with Gasteiger partial charge in [0, 0.05) is 17.7 Å². The van der Waals surface area contributed by atoms with Gasteiger partial charge in [0.05, 0.1) is 6.10 Å². The Morgan fingerprint density at radius 3 is 2.70 bits per heavy atom. The fourth-order valence-electron chi connectivity index (χ4n) is 2.97. The summed E-state index contributed by atoms with van der Waals surface area (Å²) in [5.41, 5.74) is 1.24. The summed E-state index contributed by atoms with van der Waals surface area (Å²) in [5.74, 6) is 0.761. The van der Waals surface area contributed by atoms with E-state index in [4.69, 9.17) is 16.3 Å². The van der Waals surface area contributed by atoms with Gasteiger partial charge >= 0.3 is 0 Å². The smallest absolute Gasteiger partial charge is 0.0580 e. The van der Waals surface area contributed by atoms with Crippen molar-refractivity contribution in [1.82, 2.24) is 5.32 Å². The van der Waals surface area contributed by atoms with Crippen molar-refractivity contribution in [2.24, 2.45) is 5.92 Å². The van der Waals surface area contributed by atoms with Gasteiger partial charge in [0.1, 0.15) is 0 Å². The number of ether oxygens (including phenoxy) is 1. The van der Waals surface area contributed by atoms with Gasteiger partial charge in [-0.15, -0.1) is 0 Å². The Hall–Kier alpha value is -0.570. The van der Waals surface area contributed by atoms with Crippen LogP contribution in [-0.4, -0.2) is 19.3 Å². The Labute approximate surface area is 127 Å². The SMILES string of the molecule is CCCNC(CC1CC(OCC)C1)c1ccccc1Cl. The number of hydrogen-bond donors (Lipinski definition) is 1. The van der Waals surface area contributed by atoms with Crippen molar-refractivity contribution in [3.8, 4) is 0 Å². The summed E-state index contributed by atoms with van der Waals surface area (Å²) in [6, 6.07) is 8.58. The molecular weight excluding hydrogens is 270 g/mol. The highest BCUT2D eigenvalue weighted by Gasteiger charge is 2.32. The first-order valence-corrected chi connectivity index (χ1v) is 8.21. The maximum Gasteiger partial charge on any atom is 0.0580 e. The summed E-state index contributed by atoms with van der Waals surface area (Å²) in [6.45, 7) is 6.14. The van der Waals surface area contributed by atoms with Gasteiger partial charge in [-0.3, -0.25) is 0 Å². The van der Waals surface area contributed by atoms with Gasteiger partial charge in [-0.2, -0.15) is 0 Å². The molecule has 20 heavy (non-hydrogen) atoms. The normalized spacial score (nSPS) is 23.4. The van der Waals surface area contributed by atoms with Gasteiger partial charge in [0.25, 0.3) is 0 Å². The monoisotopic (exact) mass is 295 g/mol. The molecule has 1 aromatic carbocycles. The van der Waals surface area contributed by atoms with Crippen LogP contribution in [0.1, 0.15) is 51.1 Å². The lowest BCUT2D eigenvalue weighted by Crippen LogP contribution is -2.35. The highest BCUT2D eigenvalue weighted by Crippen LogP contribution is 2.38. The van der Waals surface area contributed by atoms with Gasteiger partial charge in [0.15, 0.2) is 0 Å². The summed E-state index contributed by atoms with van der Waals surface area (Å²) in [4.78, 5) is 0. The second kappa shape index (κ2) is 8.02. The molecular formula is C17H26ClNO. The molecule has 1 N–H and O–H groups in total. The molecule has 0 radical (unpaired) electrons. The molecule has 0 saturated heterocycles. The van der Waals surface area contributed by atoms with Crippen LogP contribution < -0.4 is 5.32 Å². The minimum absolute atomic E-state index is 0.372. The first-order valence-electron chi connectivity index (χ1n) is 7.84. The minimum Gasteiger partial charge on any atom is -0.378 e. The van der Waals surface area contributed by atoms with Crippen molar-refractivity contribution in [3.05, 3.63) is 34.9 Å². The molecule has 1 aliphatic rings. The molecule has 0 aromatic heterocycles. The molecule has 0 spiro atoms. The molecule has 1 atom stereocenters. The van der Waals surface area contributed by atoms with E-state index in [1.165, 1.54) is 18.4 Å². The van der Waals surface area contributed by atoms with Crippen LogP contribution in [0.3, 0.4) is 0 Å². The Balaban J connectivity index is 1.93. The highest BCUT2D eigenvalue weighted by atomic mass is 35.5. The van der Waals surface area contributed by atoms with Gasteiger partial charge in [-0.1, -0.05) is 36.7 Å². The van der Waals surface area contributed by atoms with Crippen LogP contribution in [0.2, 0.25) is 5.02 Å². The quantitative estimate of drug-likeness (QED) is 0.757. The van der Waals surface area contributed by atoms with Crippen molar-refractivity contribution in [2.45, 2.75) is 51.7 Å². The van der Waals surface area contributed by atoms with Crippen molar-refractivity contribution in [1.29, 1.82) is 0 Å². The second-order valence-electron chi connectivity index (χ2n) is 5.68. The Bertz CT molecular complexity index is 404. The average molecular weight is 296 g/mol. The van der Waals surface area contributed by atoms with Crippen LogP contribution in [0.15, 0.2) is 24.3 Å². The Kier molecular flexibility index (Phi) is 6.34. The van der Waals surface area contributed by atoms with Crippen molar-refractivity contribution < 1.29 is 4.74 Å². The van der Waals surface area contributed by atoms with Crippen LogP contribution in [-0.2, 0) is 4.74 Å². The predicted molar refractivity (Wildman–Crippen MR) is 85.2 cm³/mol. The molecule has 0 aliphatic heterocycles. The zero-order valence-electron chi connectivity index (χ0n) is 12.6. The van der Waals surface area contributed by atoms with Crippen molar-refractivity contribution in [2.75, 3.05) is 13.2 Å². The average Bonchev–Trinajstić information content (AvgIpc) is 2.41. The number of benzene rings is 1. The lowest BCUT2D eigenvalue weighted by Gasteiger charge is -2.37. The first-order chi connectivity index (χ1) is 9.74. The van der Waals surface area contributed by atoms with Crippen molar-refractivity contribution >= 4 is 11.6 Å². The maximum absolute atomic E-state index is 6.36. The molecule has 3 heteroatoms. The molecule has 1 aromatic rings. The summed E-state index contributed by atoms with van der Waals surface area (Å²) in [7, 11) is 0. The molecule has 0 heterocycles. The van der Waals surface area contributed by atoms with E-state index in [0.29, 0.717) is 12.1 Å². The van der Waals surface area contributed by atoms with Gasteiger partial charge in [-0.25, -0.2) is 0 Å². The van der Waals surface area contributed by atoms with Crippen molar-refractivity contribution in [3.63, 3.8) is 0 Å². The lowest BCUT2D eigenvalue weighted by atomic mass is 9.77. The van der Waals surface area contributed by atoms with E-state index in [1.807, 2.05) is 12.1 Å². The Morgan fingerprint density at radius 1 is 1.30 bits per heavy atom. The molecule has 0 bridgehead atoms. The van der Waals surface area contributed by atoms with E-state index >= 15 is 0 Å². The largest absolute Gasteiger partial charge is 0.378 e. The maximum atomic E-state index is 6.36. The van der Waals surface area contributed by atoms with Crippen LogP contribution in [0.5, 0.6) is 0 Å². The van der Waals surface area contributed by atoms with E-state index in [-0.39, 0.29) is 0 Å². The third-order valence-electron chi connectivity index (χ3n) is 4.09. The first kappa shape index (κ1) is 15.8. The molecule has 1 unspecified atom stereocenters. The third-order valence-corrected chi connectivity index (χ3v) is 4.43. The lowest BCUT2D eigenvalue weighted by molar-refractivity contribution is -0.0291. The van der Waals surface area contributed by atoms with Crippen LogP contribution in [0.25, 0.3) is 0 Å². The third kappa shape index (κ3) is 4.21. The van der Waals surface area contributed by atoms with E-state index in [2.05, 4.69) is 31.3 Å². The fraction of sp³-hybridized carbons (Fsp3) is 0.647. The number of rotatable bonds is 8. The molecule has 2 nitrogen and oxygen atoms in total. The molecule has 2 rings (SSSR count). The van der Waals surface area contributed by atoms with Gasteiger partial charge < -0.3 is 10.1 Å². The topological polar surface area (TPSA) is 21.3 Å². The standard InChI is InChI=1S/C17H26ClNO/c1-3-9-19-17(15-7-5-6-8-16(15)18)12-13-10-14(11-13)20-4-2/h5-8,13-14,17,19H,3-4,9-12H2,1-2H3. The minimum atomic E-state index is 0.372. The summed E-state index contributed by atoms with van der Waals surface area (Å²) in [6.07, 6.45) is 5.19. The number of nitrogens with one attached hydrogen (secondary N) is 1. The van der Waals surface area contributed by atoms with E-state index in [1.54, 1.807) is 0 Å². The summed E-state index contributed by atoms with van der Waals surface area (Å²) in [5, 5.41) is 4.52. The molecule has 1 fully saturated rings. The van der Waals surface area contributed by atoms with E-state index in [0.717, 1.165) is 36.9 Å². The van der Waals surface area contributed by atoms with Crippen LogP contribution in [0, 0.1) is 5.92 Å². The molecule has 1 saturated carbocycles. The number of halogens is 1. The van der Waals surface area contributed by atoms with Gasteiger partial charge in [0.2, 0.25) is 0 Å². The molecule has 0 amide bonds.